The number of rotatable bonds is 6. The van der Waals surface area contributed by atoms with Crippen LogP contribution in [0.25, 0.3) is 0 Å². The number of benzene rings is 1. The lowest BCUT2D eigenvalue weighted by Gasteiger charge is -2.32. The van der Waals surface area contributed by atoms with Crippen molar-refractivity contribution in [2.24, 2.45) is 0 Å². The minimum Gasteiger partial charge on any atom is -0.490 e. The summed E-state index contributed by atoms with van der Waals surface area (Å²) in [4.78, 5) is 28.7. The lowest BCUT2D eigenvalue weighted by atomic mass is 10.1. The average Bonchev–Trinajstić information content (AvgIpc) is 3.47. The Morgan fingerprint density at radius 3 is 2.62 bits per heavy atom. The van der Waals surface area contributed by atoms with Gasteiger partial charge in [0.15, 0.2) is 5.69 Å². The Morgan fingerprint density at radius 1 is 1.18 bits per heavy atom. The molecule has 0 spiro atoms. The van der Waals surface area contributed by atoms with Crippen LogP contribution >= 0.6 is 0 Å². The summed E-state index contributed by atoms with van der Waals surface area (Å²) in [7, 11) is 2.02. The van der Waals surface area contributed by atoms with Crippen molar-refractivity contribution >= 4 is 11.8 Å². The Bertz CT molecular complexity index is 1020. The summed E-state index contributed by atoms with van der Waals surface area (Å²) in [5.41, 5.74) is -0.598. The Kier molecular flexibility index (Phi) is 7.05. The molecule has 2 aromatic rings. The van der Waals surface area contributed by atoms with Gasteiger partial charge in [0.25, 0.3) is 5.91 Å². The Balaban J connectivity index is 1.21. The van der Waals surface area contributed by atoms with Gasteiger partial charge in [0, 0.05) is 32.5 Å². The van der Waals surface area contributed by atoms with E-state index in [2.05, 4.69) is 20.5 Å². The molecule has 2 amide bonds. The zero-order chi connectivity index (χ0) is 24.3. The Morgan fingerprint density at radius 2 is 1.94 bits per heavy atom. The molecular weight excluding hydrogens is 453 g/mol. The van der Waals surface area contributed by atoms with Crippen LogP contribution in [0.2, 0.25) is 0 Å². The third kappa shape index (κ3) is 5.85. The number of ether oxygens (including phenoxy) is 1. The Hall–Kier alpha value is -3.15. The number of aromatic nitrogens is 3. The molecular formula is C22H27F3N6O3. The number of carbonyl (C=O) groups is 2. The molecule has 0 bridgehead atoms. The number of alkyl halides is 3. The van der Waals surface area contributed by atoms with Crippen LogP contribution in [-0.4, -0.2) is 82.5 Å². The molecule has 0 aliphatic carbocycles. The maximum atomic E-state index is 12.9. The van der Waals surface area contributed by atoms with Crippen molar-refractivity contribution in [3.63, 3.8) is 0 Å². The minimum atomic E-state index is -4.43. The first-order chi connectivity index (χ1) is 16.2. The van der Waals surface area contributed by atoms with Gasteiger partial charge in [-0.25, -0.2) is 4.68 Å². The van der Waals surface area contributed by atoms with Crippen molar-refractivity contribution in [1.82, 2.24) is 30.1 Å². The predicted molar refractivity (Wildman–Crippen MR) is 115 cm³/mol. The molecule has 1 atom stereocenters. The number of likely N-dealkylation sites (tertiary alicyclic amines) is 2. The molecule has 2 saturated heterocycles. The highest BCUT2D eigenvalue weighted by molar-refractivity contribution is 5.94. The zero-order valence-electron chi connectivity index (χ0n) is 18.8. The van der Waals surface area contributed by atoms with Crippen molar-refractivity contribution in [2.45, 2.75) is 37.6 Å². The fourth-order valence-corrected chi connectivity index (χ4v) is 4.21. The second-order valence-electron chi connectivity index (χ2n) is 8.69. The van der Waals surface area contributed by atoms with E-state index in [0.717, 1.165) is 31.6 Å². The van der Waals surface area contributed by atoms with Gasteiger partial charge in [-0.15, -0.1) is 5.10 Å². The molecule has 9 nitrogen and oxygen atoms in total. The van der Waals surface area contributed by atoms with Crippen LogP contribution in [-0.2, 0) is 11.0 Å². The maximum absolute atomic E-state index is 12.9. The molecule has 1 N–H and O–H groups in total. The second kappa shape index (κ2) is 10.00. The molecule has 34 heavy (non-hydrogen) atoms. The molecule has 0 saturated carbocycles. The van der Waals surface area contributed by atoms with Crippen LogP contribution in [0, 0.1) is 0 Å². The van der Waals surface area contributed by atoms with E-state index in [-0.39, 0.29) is 36.0 Å². The number of amides is 2. The molecule has 1 aromatic heterocycles. The predicted octanol–water partition coefficient (Wildman–Crippen LogP) is 1.97. The smallest absolute Gasteiger partial charge is 0.416 e. The molecule has 2 fully saturated rings. The summed E-state index contributed by atoms with van der Waals surface area (Å²) < 4.78 is 46.0. The first-order valence-corrected chi connectivity index (χ1v) is 11.2. The SMILES string of the molecule is CN1CCC(n2cc(C(=O)NCC(=O)N3CCC(Oc4cccc(C(F)(F)F)c4)CC3)nn2)C1. The Labute approximate surface area is 194 Å². The number of likely N-dealkylation sites (N-methyl/N-ethyl adjacent to an activating group) is 1. The van der Waals surface area contributed by atoms with Gasteiger partial charge in [-0.3, -0.25) is 9.59 Å². The molecule has 4 rings (SSSR count). The fraction of sp³-hybridized carbons (Fsp3) is 0.545. The summed E-state index contributed by atoms with van der Waals surface area (Å²) in [6.07, 6.45) is -1.21. The molecule has 1 unspecified atom stereocenters. The summed E-state index contributed by atoms with van der Waals surface area (Å²) in [6, 6.07) is 4.96. The van der Waals surface area contributed by atoms with Crippen LogP contribution in [0.1, 0.15) is 41.4 Å². The highest BCUT2D eigenvalue weighted by atomic mass is 19.4. The second-order valence-corrected chi connectivity index (χ2v) is 8.69. The lowest BCUT2D eigenvalue weighted by Crippen LogP contribution is -2.46. The van der Waals surface area contributed by atoms with Crippen molar-refractivity contribution in [1.29, 1.82) is 0 Å². The van der Waals surface area contributed by atoms with Gasteiger partial charge in [0.1, 0.15) is 11.9 Å². The van der Waals surface area contributed by atoms with Crippen LogP contribution in [0.3, 0.4) is 0 Å². The average molecular weight is 480 g/mol. The van der Waals surface area contributed by atoms with Gasteiger partial charge >= 0.3 is 6.18 Å². The van der Waals surface area contributed by atoms with Gasteiger partial charge in [-0.1, -0.05) is 11.3 Å². The van der Waals surface area contributed by atoms with Crippen molar-refractivity contribution in [3.05, 3.63) is 41.7 Å². The van der Waals surface area contributed by atoms with Gasteiger partial charge in [-0.05, 0) is 38.2 Å². The topological polar surface area (TPSA) is 92.6 Å². The minimum absolute atomic E-state index is 0.157. The van der Waals surface area contributed by atoms with E-state index in [9.17, 15) is 22.8 Å². The number of nitrogens with zero attached hydrogens (tertiary/aromatic N) is 5. The molecule has 2 aliphatic rings. The third-order valence-electron chi connectivity index (χ3n) is 6.14. The molecule has 2 aliphatic heterocycles. The third-order valence-corrected chi connectivity index (χ3v) is 6.14. The summed E-state index contributed by atoms with van der Waals surface area (Å²) in [5.74, 6) is -0.548. The van der Waals surface area contributed by atoms with Gasteiger partial charge in [-0.2, -0.15) is 13.2 Å². The number of hydrogen-bond acceptors (Lipinski definition) is 6. The first-order valence-electron chi connectivity index (χ1n) is 11.2. The molecule has 184 valence electrons. The van der Waals surface area contributed by atoms with E-state index in [0.29, 0.717) is 25.9 Å². The monoisotopic (exact) mass is 480 g/mol. The van der Waals surface area contributed by atoms with E-state index < -0.39 is 17.6 Å². The van der Waals surface area contributed by atoms with E-state index in [4.69, 9.17) is 4.74 Å². The fourth-order valence-electron chi connectivity index (χ4n) is 4.21. The van der Waals surface area contributed by atoms with Gasteiger partial charge < -0.3 is 19.9 Å². The molecule has 12 heteroatoms. The van der Waals surface area contributed by atoms with Crippen molar-refractivity contribution < 1.29 is 27.5 Å². The number of halogens is 3. The van der Waals surface area contributed by atoms with Gasteiger partial charge in [0.2, 0.25) is 5.91 Å². The standard InChI is InChI=1S/C22H27F3N6O3/c1-29-8-5-16(13-29)31-14-19(27-28-31)21(33)26-12-20(32)30-9-6-17(7-10-30)34-18-4-2-3-15(11-18)22(23,24)25/h2-4,11,14,16-17H,5-10,12-13H2,1H3,(H,26,33). The molecule has 0 radical (unpaired) electrons. The van der Waals surface area contributed by atoms with E-state index >= 15 is 0 Å². The van der Waals surface area contributed by atoms with Crippen molar-refractivity contribution in [3.8, 4) is 5.75 Å². The van der Waals surface area contributed by atoms with Crippen LogP contribution in [0.5, 0.6) is 5.75 Å². The molecule has 3 heterocycles. The van der Waals surface area contributed by atoms with Crippen LogP contribution in [0.15, 0.2) is 30.5 Å². The number of nitrogens with one attached hydrogen (secondary N) is 1. The van der Waals surface area contributed by atoms with Crippen LogP contribution in [0.4, 0.5) is 13.2 Å². The number of carbonyl (C=O) groups excluding carboxylic acids is 2. The summed E-state index contributed by atoms with van der Waals surface area (Å²) in [5, 5.41) is 10.5. The summed E-state index contributed by atoms with van der Waals surface area (Å²) in [6.45, 7) is 2.42. The highest BCUT2D eigenvalue weighted by Gasteiger charge is 2.31. The maximum Gasteiger partial charge on any atom is 0.416 e. The number of hydrogen-bond donors (Lipinski definition) is 1. The van der Waals surface area contributed by atoms with Gasteiger partial charge in [0.05, 0.1) is 24.3 Å². The summed E-state index contributed by atoms with van der Waals surface area (Å²) >= 11 is 0. The van der Waals surface area contributed by atoms with Crippen molar-refractivity contribution in [2.75, 3.05) is 39.8 Å². The first kappa shape index (κ1) is 24.0. The molecule has 1 aromatic carbocycles. The quantitative estimate of drug-likeness (QED) is 0.680. The normalized spacial score (nSPS) is 19.9. The number of piperidine rings is 1. The van der Waals surface area contributed by atoms with E-state index in [1.54, 1.807) is 15.8 Å². The highest BCUT2D eigenvalue weighted by Crippen LogP contribution is 2.32. The van der Waals surface area contributed by atoms with E-state index in [1.165, 1.54) is 12.1 Å². The van der Waals surface area contributed by atoms with Crippen LogP contribution < -0.4 is 10.1 Å². The largest absolute Gasteiger partial charge is 0.490 e. The van der Waals surface area contributed by atoms with E-state index in [1.807, 2.05) is 7.05 Å². The zero-order valence-corrected chi connectivity index (χ0v) is 18.8. The lowest BCUT2D eigenvalue weighted by molar-refractivity contribution is -0.138.